The summed E-state index contributed by atoms with van der Waals surface area (Å²) in [5, 5.41) is 22.9. The molecule has 0 radical (unpaired) electrons. The van der Waals surface area contributed by atoms with Gasteiger partial charge in [0.15, 0.2) is 0 Å². The molecule has 0 fully saturated rings. The van der Waals surface area contributed by atoms with Crippen LogP contribution in [0.5, 0.6) is 0 Å². The highest BCUT2D eigenvalue weighted by atomic mass is 16.6. The summed E-state index contributed by atoms with van der Waals surface area (Å²) in [5.74, 6) is -1.18. The first kappa shape index (κ1) is 19.6. The number of ether oxygens (including phenoxy) is 1. The molecular weight excluding hydrogens is 316 g/mol. The number of hydrogen-bond donors (Lipinski definition) is 2. The first-order valence-electron chi connectivity index (χ1n) is 7.54. The van der Waals surface area contributed by atoms with Crippen LogP contribution in [-0.4, -0.2) is 41.2 Å². The zero-order chi connectivity index (χ0) is 18.3. The fourth-order valence-electron chi connectivity index (χ4n) is 2.15. The topological polar surface area (TPSA) is 119 Å². The summed E-state index contributed by atoms with van der Waals surface area (Å²) < 4.78 is 4.66. The van der Waals surface area contributed by atoms with Gasteiger partial charge in [0.25, 0.3) is 5.69 Å². The van der Waals surface area contributed by atoms with Crippen molar-refractivity contribution in [1.82, 2.24) is 5.32 Å². The van der Waals surface area contributed by atoms with Crippen molar-refractivity contribution in [2.45, 2.75) is 38.8 Å². The molecule has 8 heteroatoms. The standard InChI is InChI=1S/C16H22N2O6/c1-10(2)8-14(19)15(20)17-13(16(21)24-3)9-11-4-6-12(7-5-11)18(22)23/h4-7,10,13-14,19H,8-9H2,1-3H3,(H,17,20)/t13-,14-/m0/s1. The number of hydrogen-bond acceptors (Lipinski definition) is 6. The Bertz CT molecular complexity index is 585. The average Bonchev–Trinajstić information content (AvgIpc) is 2.53. The number of carbonyl (C=O) groups excluding carboxylic acids is 2. The molecule has 0 saturated heterocycles. The number of nitro groups is 1. The maximum Gasteiger partial charge on any atom is 0.328 e. The van der Waals surface area contributed by atoms with Gasteiger partial charge in [-0.3, -0.25) is 14.9 Å². The molecule has 0 aromatic heterocycles. The number of nitro benzene ring substituents is 1. The van der Waals surface area contributed by atoms with Gasteiger partial charge in [-0.05, 0) is 17.9 Å². The monoisotopic (exact) mass is 338 g/mol. The van der Waals surface area contributed by atoms with Gasteiger partial charge in [0.2, 0.25) is 5.91 Å². The van der Waals surface area contributed by atoms with Crippen LogP contribution in [0.4, 0.5) is 5.69 Å². The molecule has 132 valence electrons. The number of non-ortho nitro benzene ring substituents is 1. The number of rotatable bonds is 8. The van der Waals surface area contributed by atoms with Gasteiger partial charge in [-0.2, -0.15) is 0 Å². The van der Waals surface area contributed by atoms with Crippen molar-refractivity contribution in [2.24, 2.45) is 5.92 Å². The fraction of sp³-hybridized carbons (Fsp3) is 0.500. The normalized spacial score (nSPS) is 13.2. The molecule has 1 amide bonds. The fourth-order valence-corrected chi connectivity index (χ4v) is 2.15. The minimum Gasteiger partial charge on any atom is -0.467 e. The third kappa shape index (κ3) is 5.96. The molecule has 0 unspecified atom stereocenters. The van der Waals surface area contributed by atoms with E-state index in [-0.39, 0.29) is 24.4 Å². The largest absolute Gasteiger partial charge is 0.467 e. The van der Waals surface area contributed by atoms with E-state index in [4.69, 9.17) is 0 Å². The maximum atomic E-state index is 12.0. The number of aliphatic hydroxyl groups excluding tert-OH is 1. The highest BCUT2D eigenvalue weighted by Crippen LogP contribution is 2.14. The Morgan fingerprint density at radius 1 is 1.29 bits per heavy atom. The molecule has 1 rings (SSSR count). The van der Waals surface area contributed by atoms with Crippen LogP contribution in [-0.2, 0) is 20.7 Å². The van der Waals surface area contributed by atoms with Gasteiger partial charge in [0.1, 0.15) is 12.1 Å². The summed E-state index contributed by atoms with van der Waals surface area (Å²) >= 11 is 0. The molecule has 0 heterocycles. The zero-order valence-corrected chi connectivity index (χ0v) is 13.9. The average molecular weight is 338 g/mol. The Balaban J connectivity index is 2.80. The van der Waals surface area contributed by atoms with Gasteiger partial charge >= 0.3 is 5.97 Å². The minimum absolute atomic E-state index is 0.0650. The van der Waals surface area contributed by atoms with Gasteiger partial charge in [0, 0.05) is 18.6 Å². The molecule has 24 heavy (non-hydrogen) atoms. The lowest BCUT2D eigenvalue weighted by Gasteiger charge is -2.19. The molecule has 2 atom stereocenters. The first-order chi connectivity index (χ1) is 11.2. The van der Waals surface area contributed by atoms with E-state index < -0.39 is 28.9 Å². The van der Waals surface area contributed by atoms with Crippen LogP contribution in [0.15, 0.2) is 24.3 Å². The van der Waals surface area contributed by atoms with Crippen molar-refractivity contribution >= 4 is 17.6 Å². The second kappa shape index (κ2) is 8.97. The molecule has 8 nitrogen and oxygen atoms in total. The molecule has 2 N–H and O–H groups in total. The predicted octanol–water partition coefficient (Wildman–Crippen LogP) is 1.20. The van der Waals surface area contributed by atoms with E-state index in [0.717, 1.165) is 0 Å². The van der Waals surface area contributed by atoms with E-state index in [2.05, 4.69) is 10.1 Å². The quantitative estimate of drug-likeness (QED) is 0.418. The summed E-state index contributed by atoms with van der Waals surface area (Å²) in [6.07, 6.45) is -0.837. The zero-order valence-electron chi connectivity index (χ0n) is 13.9. The van der Waals surface area contributed by atoms with Gasteiger partial charge in [-0.25, -0.2) is 4.79 Å². The number of carbonyl (C=O) groups is 2. The van der Waals surface area contributed by atoms with Crippen molar-refractivity contribution in [3.63, 3.8) is 0 Å². The summed E-state index contributed by atoms with van der Waals surface area (Å²) in [7, 11) is 1.20. The van der Waals surface area contributed by atoms with Gasteiger partial charge in [0.05, 0.1) is 12.0 Å². The SMILES string of the molecule is COC(=O)[C@H](Cc1ccc([N+](=O)[O-])cc1)NC(=O)[C@@H](O)CC(C)C. The van der Waals surface area contributed by atoms with Crippen LogP contribution < -0.4 is 5.32 Å². The lowest BCUT2D eigenvalue weighted by atomic mass is 10.0. The second-order valence-corrected chi connectivity index (χ2v) is 5.86. The summed E-state index contributed by atoms with van der Waals surface area (Å²) in [6, 6.07) is 4.67. The van der Waals surface area contributed by atoms with Crippen LogP contribution in [0.1, 0.15) is 25.8 Å². The van der Waals surface area contributed by atoms with Crippen molar-refractivity contribution in [2.75, 3.05) is 7.11 Å². The molecule has 0 aliphatic heterocycles. The lowest BCUT2D eigenvalue weighted by Crippen LogP contribution is -2.47. The number of nitrogens with one attached hydrogen (secondary N) is 1. The van der Waals surface area contributed by atoms with Crippen molar-refractivity contribution in [3.8, 4) is 0 Å². The summed E-state index contributed by atoms with van der Waals surface area (Å²) in [4.78, 5) is 34.0. The number of nitrogens with zero attached hydrogens (tertiary/aromatic N) is 1. The van der Waals surface area contributed by atoms with Crippen LogP contribution in [0, 0.1) is 16.0 Å². The Kier molecular flexibility index (Phi) is 7.31. The van der Waals surface area contributed by atoms with Gasteiger partial charge in [-0.15, -0.1) is 0 Å². The molecule has 0 spiro atoms. The minimum atomic E-state index is -1.21. The third-order valence-electron chi connectivity index (χ3n) is 3.39. The first-order valence-corrected chi connectivity index (χ1v) is 7.54. The number of methoxy groups -OCH3 is 1. The Labute approximate surface area is 140 Å². The predicted molar refractivity (Wildman–Crippen MR) is 86.2 cm³/mol. The Morgan fingerprint density at radius 3 is 2.33 bits per heavy atom. The molecular formula is C16H22N2O6. The van der Waals surface area contributed by atoms with Crippen LogP contribution >= 0.6 is 0 Å². The van der Waals surface area contributed by atoms with E-state index in [1.807, 2.05) is 13.8 Å². The number of esters is 1. The molecule has 1 aromatic carbocycles. The lowest BCUT2D eigenvalue weighted by molar-refractivity contribution is -0.384. The molecule has 1 aromatic rings. The molecule has 0 aliphatic rings. The van der Waals surface area contributed by atoms with Crippen molar-refractivity contribution in [1.29, 1.82) is 0 Å². The maximum absolute atomic E-state index is 12.0. The van der Waals surface area contributed by atoms with Gasteiger partial charge < -0.3 is 15.2 Å². The van der Waals surface area contributed by atoms with Crippen molar-refractivity contribution < 1.29 is 24.4 Å². The highest BCUT2D eigenvalue weighted by molar-refractivity contribution is 5.87. The van der Waals surface area contributed by atoms with E-state index in [1.54, 1.807) is 0 Å². The molecule has 0 saturated carbocycles. The van der Waals surface area contributed by atoms with E-state index >= 15 is 0 Å². The van der Waals surface area contributed by atoms with Crippen LogP contribution in [0.2, 0.25) is 0 Å². The number of aliphatic hydroxyl groups is 1. The molecule has 0 bridgehead atoms. The van der Waals surface area contributed by atoms with Crippen LogP contribution in [0.3, 0.4) is 0 Å². The molecule has 0 aliphatic carbocycles. The number of benzene rings is 1. The van der Waals surface area contributed by atoms with Gasteiger partial charge in [-0.1, -0.05) is 26.0 Å². The van der Waals surface area contributed by atoms with E-state index in [9.17, 15) is 24.8 Å². The van der Waals surface area contributed by atoms with Crippen LogP contribution in [0.25, 0.3) is 0 Å². The van der Waals surface area contributed by atoms with E-state index in [1.165, 1.54) is 31.4 Å². The highest BCUT2D eigenvalue weighted by Gasteiger charge is 2.26. The Hall–Kier alpha value is -2.48. The number of amides is 1. The third-order valence-corrected chi connectivity index (χ3v) is 3.39. The second-order valence-electron chi connectivity index (χ2n) is 5.86. The summed E-state index contributed by atoms with van der Waals surface area (Å²) in [6.45, 7) is 3.73. The van der Waals surface area contributed by atoms with Crippen molar-refractivity contribution in [3.05, 3.63) is 39.9 Å². The smallest absolute Gasteiger partial charge is 0.328 e. The summed E-state index contributed by atoms with van der Waals surface area (Å²) in [5.41, 5.74) is 0.555. The van der Waals surface area contributed by atoms with E-state index in [0.29, 0.717) is 5.56 Å². The Morgan fingerprint density at radius 2 is 1.88 bits per heavy atom.